The highest BCUT2D eigenvalue weighted by atomic mass is 31.2. The Morgan fingerprint density at radius 2 is 0.622 bits per heavy atom. The molecule has 3 unspecified atom stereocenters. The molecular formula is C71H134O17P2. The van der Waals surface area contributed by atoms with Gasteiger partial charge in [-0.1, -0.05) is 290 Å². The number of carbonyl (C=O) groups excluding carboxylic acids is 4. The first-order valence-electron chi connectivity index (χ1n) is 36.5. The quantitative estimate of drug-likeness (QED) is 0.0169. The summed E-state index contributed by atoms with van der Waals surface area (Å²) in [4.78, 5) is 72.5. The van der Waals surface area contributed by atoms with E-state index in [0.717, 1.165) is 109 Å². The highest BCUT2D eigenvalue weighted by Crippen LogP contribution is 2.45. The number of phosphoric ester groups is 2. The molecule has 0 fully saturated rings. The smallest absolute Gasteiger partial charge is 0.462 e. The number of hydrogen-bond donors (Lipinski definition) is 3. The van der Waals surface area contributed by atoms with Crippen LogP contribution in [0.1, 0.15) is 343 Å². The predicted molar refractivity (Wildman–Crippen MR) is 363 cm³/mol. The number of unbranched alkanes of at least 4 members (excludes halogenated alkanes) is 37. The van der Waals surface area contributed by atoms with E-state index < -0.39 is 97.5 Å². The maximum absolute atomic E-state index is 13.0. The van der Waals surface area contributed by atoms with Gasteiger partial charge in [-0.25, -0.2) is 9.13 Å². The summed E-state index contributed by atoms with van der Waals surface area (Å²) >= 11 is 0. The third-order valence-electron chi connectivity index (χ3n) is 16.3. The normalized spacial score (nSPS) is 14.5. The van der Waals surface area contributed by atoms with E-state index in [1.54, 1.807) is 0 Å². The summed E-state index contributed by atoms with van der Waals surface area (Å²) in [6, 6.07) is 0. The van der Waals surface area contributed by atoms with Crippen LogP contribution in [-0.2, 0) is 65.4 Å². The highest BCUT2D eigenvalue weighted by Gasteiger charge is 2.30. The third-order valence-corrected chi connectivity index (χ3v) is 18.2. The largest absolute Gasteiger partial charge is 0.472 e. The molecule has 0 aliphatic carbocycles. The molecule has 0 aliphatic rings. The molecule has 0 spiro atoms. The van der Waals surface area contributed by atoms with Crippen molar-refractivity contribution >= 4 is 39.5 Å². The summed E-state index contributed by atoms with van der Waals surface area (Å²) in [5, 5.41) is 10.6. The van der Waals surface area contributed by atoms with Crippen LogP contribution in [-0.4, -0.2) is 96.7 Å². The second-order valence-corrected chi connectivity index (χ2v) is 28.1. The van der Waals surface area contributed by atoms with E-state index in [1.165, 1.54) is 154 Å². The van der Waals surface area contributed by atoms with Crippen LogP contribution in [0.25, 0.3) is 0 Å². The van der Waals surface area contributed by atoms with Crippen molar-refractivity contribution in [3.63, 3.8) is 0 Å². The number of carbonyl (C=O) groups is 4. The fraction of sp³-hybridized carbons (Fsp3) is 0.887. The Morgan fingerprint density at radius 3 is 0.944 bits per heavy atom. The van der Waals surface area contributed by atoms with Crippen molar-refractivity contribution in [2.45, 2.75) is 361 Å². The molecule has 3 N–H and O–H groups in total. The second-order valence-electron chi connectivity index (χ2n) is 25.2. The molecule has 19 heteroatoms. The van der Waals surface area contributed by atoms with E-state index in [-0.39, 0.29) is 25.7 Å². The number of rotatable bonds is 69. The van der Waals surface area contributed by atoms with Gasteiger partial charge in [0.05, 0.1) is 26.4 Å². The van der Waals surface area contributed by atoms with Gasteiger partial charge in [0.15, 0.2) is 12.2 Å². The van der Waals surface area contributed by atoms with Gasteiger partial charge in [-0.3, -0.25) is 37.3 Å². The van der Waals surface area contributed by atoms with E-state index in [2.05, 4.69) is 58.9 Å². The second kappa shape index (κ2) is 63.9. The minimum atomic E-state index is -4.96. The van der Waals surface area contributed by atoms with Crippen LogP contribution in [0.5, 0.6) is 0 Å². The third kappa shape index (κ3) is 63.0. The molecule has 0 saturated heterocycles. The lowest BCUT2D eigenvalue weighted by atomic mass is 9.99. The monoisotopic (exact) mass is 1320 g/mol. The maximum atomic E-state index is 13.0. The number of aliphatic hydroxyl groups excluding tert-OH is 1. The number of ether oxygens (including phenoxy) is 4. The fourth-order valence-electron chi connectivity index (χ4n) is 10.2. The van der Waals surface area contributed by atoms with Gasteiger partial charge >= 0.3 is 39.5 Å². The van der Waals surface area contributed by atoms with Gasteiger partial charge in [-0.2, -0.15) is 0 Å². The van der Waals surface area contributed by atoms with Crippen molar-refractivity contribution in [1.82, 2.24) is 0 Å². The maximum Gasteiger partial charge on any atom is 0.472 e. The molecule has 0 amide bonds. The molecule has 17 nitrogen and oxygen atoms in total. The van der Waals surface area contributed by atoms with Crippen molar-refractivity contribution in [3.8, 4) is 0 Å². The number of aliphatic hydroxyl groups is 1. The van der Waals surface area contributed by atoms with Gasteiger partial charge in [-0.15, -0.1) is 0 Å². The molecule has 0 aliphatic heterocycles. The zero-order valence-electron chi connectivity index (χ0n) is 57.8. The van der Waals surface area contributed by atoms with Crippen LogP contribution in [0.15, 0.2) is 24.3 Å². The van der Waals surface area contributed by atoms with Crippen LogP contribution in [0, 0.1) is 5.92 Å². The summed E-state index contributed by atoms with van der Waals surface area (Å²) in [7, 11) is -9.91. The molecule has 0 radical (unpaired) electrons. The standard InChI is InChI=1S/C71H134O17P2/c1-6-10-13-16-19-22-25-27-28-30-32-35-41-46-51-56-70(75)87-66(60-82-69(74)55-50-45-40-34-31-29-26-23-20-17-14-11-7-2)62-85-89(77,78)83-58-65(72)59-84-90(79,80)86-63-67(61-81-68(73)54-49-44-39-33-24-21-18-15-12-8-3)88-71(76)57-52-47-42-37-36-38-43-48-53-64(5)9-4/h22,25,27-28,64-67,72H,6-21,23-24,26,29-63H2,1-5H3,(H,77,78)(H,79,80)/b25-22-,28-27-/t64?,65-,66-,67-/m1/s1. The van der Waals surface area contributed by atoms with Crippen molar-refractivity contribution in [1.29, 1.82) is 0 Å². The lowest BCUT2D eigenvalue weighted by Gasteiger charge is -2.21. The molecule has 530 valence electrons. The van der Waals surface area contributed by atoms with Crippen LogP contribution >= 0.6 is 15.6 Å². The van der Waals surface area contributed by atoms with Gasteiger partial charge < -0.3 is 33.8 Å². The lowest BCUT2D eigenvalue weighted by molar-refractivity contribution is -0.161. The molecule has 0 aromatic rings. The fourth-order valence-corrected chi connectivity index (χ4v) is 11.8. The van der Waals surface area contributed by atoms with Crippen molar-refractivity contribution in [2.24, 2.45) is 5.92 Å². The molecule has 90 heavy (non-hydrogen) atoms. The molecule has 0 rings (SSSR count). The average molecular weight is 1320 g/mol. The number of esters is 4. The summed E-state index contributed by atoms with van der Waals surface area (Å²) in [6.07, 6.45) is 53.3. The predicted octanol–water partition coefficient (Wildman–Crippen LogP) is 20.1. The van der Waals surface area contributed by atoms with Crippen LogP contribution in [0.2, 0.25) is 0 Å². The first-order valence-corrected chi connectivity index (χ1v) is 39.5. The van der Waals surface area contributed by atoms with Crippen molar-refractivity contribution < 1.29 is 80.2 Å². The average Bonchev–Trinajstić information content (AvgIpc) is 3.71. The van der Waals surface area contributed by atoms with E-state index in [0.29, 0.717) is 25.7 Å². The Balaban J connectivity index is 5.29. The molecule has 0 saturated carbocycles. The van der Waals surface area contributed by atoms with Gasteiger partial charge in [0.1, 0.15) is 19.3 Å². The van der Waals surface area contributed by atoms with E-state index in [4.69, 9.17) is 37.0 Å². The van der Waals surface area contributed by atoms with Crippen LogP contribution < -0.4 is 0 Å². The first-order chi connectivity index (χ1) is 43.6. The minimum absolute atomic E-state index is 0.0854. The van der Waals surface area contributed by atoms with Gasteiger partial charge in [0, 0.05) is 25.7 Å². The molecule has 6 atom stereocenters. The number of phosphoric acid groups is 2. The van der Waals surface area contributed by atoms with Crippen molar-refractivity contribution in [3.05, 3.63) is 24.3 Å². The van der Waals surface area contributed by atoms with Gasteiger partial charge in [0.25, 0.3) is 0 Å². The zero-order chi connectivity index (χ0) is 66.3. The van der Waals surface area contributed by atoms with Gasteiger partial charge in [0.2, 0.25) is 0 Å². The Hall–Kier alpha value is -2.46. The summed E-state index contributed by atoms with van der Waals surface area (Å²) in [6.45, 7) is 7.17. The lowest BCUT2D eigenvalue weighted by Crippen LogP contribution is -2.30. The number of allylic oxidation sites excluding steroid dienone is 4. The Labute approximate surface area is 548 Å². The molecule has 0 heterocycles. The minimum Gasteiger partial charge on any atom is -0.462 e. The Morgan fingerprint density at radius 1 is 0.356 bits per heavy atom. The van der Waals surface area contributed by atoms with Gasteiger partial charge in [-0.05, 0) is 57.3 Å². The van der Waals surface area contributed by atoms with Crippen LogP contribution in [0.3, 0.4) is 0 Å². The van der Waals surface area contributed by atoms with E-state index >= 15 is 0 Å². The topological polar surface area (TPSA) is 237 Å². The molecule has 0 aromatic heterocycles. The van der Waals surface area contributed by atoms with E-state index in [1.807, 2.05) is 0 Å². The molecule has 0 aromatic carbocycles. The highest BCUT2D eigenvalue weighted by molar-refractivity contribution is 7.47. The molecular weight excluding hydrogens is 1190 g/mol. The zero-order valence-corrected chi connectivity index (χ0v) is 59.5. The van der Waals surface area contributed by atoms with Crippen molar-refractivity contribution in [2.75, 3.05) is 39.6 Å². The Bertz CT molecular complexity index is 1830. The Kier molecular flexibility index (Phi) is 62.2. The van der Waals surface area contributed by atoms with E-state index in [9.17, 15) is 43.2 Å². The summed E-state index contributed by atoms with van der Waals surface area (Å²) in [5.74, 6) is -1.38. The number of hydrogen-bond acceptors (Lipinski definition) is 15. The molecule has 0 bridgehead atoms. The summed E-state index contributed by atoms with van der Waals surface area (Å²) in [5.41, 5.74) is 0. The SMILES string of the molecule is CCCCCC/C=C\C=C/CCCCCCCC(=O)O[C@H](COC(=O)CCCCCCCCCCCCCCC)COP(=O)(O)OC[C@@H](O)COP(=O)(O)OC[C@@H](COC(=O)CCCCCCCCCCCC)OC(=O)CCCCCCCCCCC(C)CC. The summed E-state index contributed by atoms with van der Waals surface area (Å²) < 4.78 is 68.3. The first kappa shape index (κ1) is 87.5. The van der Waals surface area contributed by atoms with Crippen LogP contribution in [0.4, 0.5) is 0 Å².